The Bertz CT molecular complexity index is 2090. The molecule has 51 heavy (non-hydrogen) atoms. The van der Waals surface area contributed by atoms with Gasteiger partial charge in [0.2, 0.25) is 11.8 Å². The summed E-state index contributed by atoms with van der Waals surface area (Å²) in [6.07, 6.45) is 3.06. The summed E-state index contributed by atoms with van der Waals surface area (Å²) in [5, 5.41) is 37.3. The van der Waals surface area contributed by atoms with Crippen LogP contribution in [0.3, 0.4) is 0 Å². The first-order valence-corrected chi connectivity index (χ1v) is 16.4. The number of aromatic hydroxyl groups is 1. The van der Waals surface area contributed by atoms with Crippen LogP contribution in [0.4, 0.5) is 5.69 Å². The minimum absolute atomic E-state index is 0.00363. The fraction of sp³-hybridized carbons (Fsp3) is 0.231. The highest BCUT2D eigenvalue weighted by atomic mass is 16.5. The van der Waals surface area contributed by atoms with Gasteiger partial charge in [0.25, 0.3) is 0 Å². The number of anilines is 1. The molecule has 0 aromatic heterocycles. The third-order valence-corrected chi connectivity index (χ3v) is 8.08. The van der Waals surface area contributed by atoms with Crippen molar-refractivity contribution in [1.82, 2.24) is 10.6 Å². The van der Waals surface area contributed by atoms with Crippen LogP contribution in [0.2, 0.25) is 0 Å². The van der Waals surface area contributed by atoms with E-state index in [9.17, 15) is 24.6 Å². The van der Waals surface area contributed by atoms with Gasteiger partial charge in [0.05, 0.1) is 43.9 Å². The number of carbonyl (C=O) groups is 3. The Labute approximate surface area is 294 Å². The molecule has 2 amide bonds. The third-order valence-electron chi connectivity index (χ3n) is 8.08. The zero-order chi connectivity index (χ0) is 36.3. The lowest BCUT2D eigenvalue weighted by Crippen LogP contribution is -2.32. The Morgan fingerprint density at radius 3 is 2.27 bits per heavy atom. The van der Waals surface area contributed by atoms with E-state index in [2.05, 4.69) is 16.0 Å². The molecule has 3 aromatic carbocycles. The number of carboxylic acid groups (broad SMARTS) is 1. The van der Waals surface area contributed by atoms with E-state index >= 15 is 0 Å². The maximum atomic E-state index is 12.6. The van der Waals surface area contributed by atoms with Crippen molar-refractivity contribution in [2.45, 2.75) is 13.8 Å². The van der Waals surface area contributed by atoms with E-state index in [0.717, 1.165) is 16.7 Å². The zero-order valence-corrected chi connectivity index (χ0v) is 28.4. The number of aryl methyl sites for hydroxylation is 2. The normalized spacial score (nSPS) is 11.3. The van der Waals surface area contributed by atoms with Crippen molar-refractivity contribution >= 4 is 40.5 Å². The van der Waals surface area contributed by atoms with Crippen molar-refractivity contribution in [3.8, 4) is 28.2 Å². The summed E-state index contributed by atoms with van der Waals surface area (Å²) >= 11 is 0. The van der Waals surface area contributed by atoms with Crippen molar-refractivity contribution in [3.63, 3.8) is 0 Å². The molecule has 6 N–H and O–H groups in total. The van der Waals surface area contributed by atoms with E-state index in [-0.39, 0.29) is 29.7 Å². The number of phenols is 1. The molecule has 264 valence electrons. The fourth-order valence-electron chi connectivity index (χ4n) is 5.45. The maximum Gasteiger partial charge on any atom is 0.336 e. The maximum absolute atomic E-state index is 12.6. The van der Waals surface area contributed by atoms with Crippen molar-refractivity contribution in [2.24, 2.45) is 0 Å². The first-order valence-electron chi connectivity index (χ1n) is 16.4. The van der Waals surface area contributed by atoms with Gasteiger partial charge in [-0.2, -0.15) is 0 Å². The average Bonchev–Trinajstić information content (AvgIpc) is 3.11. The summed E-state index contributed by atoms with van der Waals surface area (Å²) in [5.41, 5.74) is 5.64. The topological polar surface area (TPSA) is 183 Å². The molecule has 1 aliphatic carbocycles. The summed E-state index contributed by atoms with van der Waals surface area (Å²) in [4.78, 5) is 36.7. The molecule has 12 nitrogen and oxygen atoms in total. The lowest BCUT2D eigenvalue weighted by molar-refractivity contribution is -0.119. The molecular weight excluding hydrogens is 652 g/mol. The van der Waals surface area contributed by atoms with Crippen molar-refractivity contribution in [1.29, 1.82) is 5.41 Å². The molecule has 0 bridgehead atoms. The number of amides is 2. The van der Waals surface area contributed by atoms with Gasteiger partial charge in [0.1, 0.15) is 17.1 Å². The molecule has 5 rings (SSSR count). The van der Waals surface area contributed by atoms with Gasteiger partial charge in [-0.15, -0.1) is 0 Å². The zero-order valence-electron chi connectivity index (χ0n) is 28.4. The smallest absolute Gasteiger partial charge is 0.336 e. The number of nitrogens with one attached hydrogen (secondary N) is 4. The molecule has 0 saturated heterocycles. The lowest BCUT2D eigenvalue weighted by Gasteiger charge is -2.19. The number of carboxylic acids is 1. The van der Waals surface area contributed by atoms with Gasteiger partial charge in [-0.3, -0.25) is 9.59 Å². The van der Waals surface area contributed by atoms with Crippen LogP contribution < -0.4 is 21.3 Å². The van der Waals surface area contributed by atoms with E-state index < -0.39 is 5.97 Å². The van der Waals surface area contributed by atoms with Gasteiger partial charge < -0.3 is 45.5 Å². The summed E-state index contributed by atoms with van der Waals surface area (Å²) in [5.74, 6) is -0.911. The van der Waals surface area contributed by atoms with Crippen LogP contribution in [-0.2, 0) is 19.1 Å². The van der Waals surface area contributed by atoms with Gasteiger partial charge in [0.15, 0.2) is 0 Å². The van der Waals surface area contributed by atoms with Crippen LogP contribution in [0.1, 0.15) is 27.0 Å². The van der Waals surface area contributed by atoms with Crippen LogP contribution in [-0.4, -0.2) is 74.1 Å². The Morgan fingerprint density at radius 2 is 1.55 bits per heavy atom. The minimum Gasteiger partial charge on any atom is -0.508 e. The molecule has 3 aromatic rings. The Kier molecular flexibility index (Phi) is 12.2. The van der Waals surface area contributed by atoms with E-state index in [1.807, 2.05) is 26.0 Å². The van der Waals surface area contributed by atoms with E-state index in [4.69, 9.17) is 19.3 Å². The number of ether oxygens (including phenoxy) is 2. The molecule has 12 heteroatoms. The predicted molar refractivity (Wildman–Crippen MR) is 194 cm³/mol. The predicted octanol–water partition coefficient (Wildman–Crippen LogP) is 5.10. The van der Waals surface area contributed by atoms with E-state index in [0.29, 0.717) is 84.0 Å². The van der Waals surface area contributed by atoms with Gasteiger partial charge in [0, 0.05) is 53.5 Å². The molecule has 0 spiro atoms. The first kappa shape index (κ1) is 36.3. The van der Waals surface area contributed by atoms with Crippen LogP contribution in [0.15, 0.2) is 83.3 Å². The summed E-state index contributed by atoms with van der Waals surface area (Å²) < 4.78 is 17.2. The molecule has 0 atom stereocenters. The van der Waals surface area contributed by atoms with Gasteiger partial charge >= 0.3 is 5.97 Å². The van der Waals surface area contributed by atoms with Crippen LogP contribution in [0.5, 0.6) is 5.75 Å². The minimum atomic E-state index is -1.04. The van der Waals surface area contributed by atoms with Crippen molar-refractivity contribution < 1.29 is 38.5 Å². The fourth-order valence-corrected chi connectivity index (χ4v) is 5.45. The molecule has 0 radical (unpaired) electrons. The first-order chi connectivity index (χ1) is 24.6. The second-order valence-corrected chi connectivity index (χ2v) is 11.8. The Morgan fingerprint density at radius 1 is 0.843 bits per heavy atom. The number of hydrogen-bond donors (Lipinski definition) is 6. The number of aromatic carboxylic acids is 1. The standard InChI is InChI=1S/C39H40N4O8/c1-24-19-30-34(21-32(24)40)51-35-22-33(25(2)20-31(35)38(30)28-5-3-4-6-29(28)39(47)48)43-23-37(46)42-14-16-50-18-17-49-15-13-41-36(45)12-9-26-7-10-27(44)11-8-26/h3-12,19-22,40,43-44H,13-18,23H2,1-2H3,(H,41,45)(H,42,46)(H,47,48)/b12-9+,40-32?. The number of fused-ring (bicyclic) bond motifs is 2. The molecule has 1 aliphatic heterocycles. The number of rotatable bonds is 16. The Hall–Kier alpha value is -5.98. The van der Waals surface area contributed by atoms with Gasteiger partial charge in [-0.25, -0.2) is 4.79 Å². The van der Waals surface area contributed by atoms with Crippen molar-refractivity contribution in [3.05, 3.63) is 106 Å². The number of benzene rings is 4. The molecule has 1 heterocycles. The Balaban J connectivity index is 1.08. The molecule has 0 unspecified atom stereocenters. The summed E-state index contributed by atoms with van der Waals surface area (Å²) in [6.45, 7) is 5.67. The van der Waals surface area contributed by atoms with E-state index in [1.165, 1.54) is 6.08 Å². The molecule has 0 saturated carbocycles. The van der Waals surface area contributed by atoms with E-state index in [1.54, 1.807) is 66.7 Å². The second-order valence-electron chi connectivity index (χ2n) is 11.8. The average molecular weight is 693 g/mol. The molecule has 2 aliphatic rings. The van der Waals surface area contributed by atoms with Crippen LogP contribution in [0, 0.1) is 19.3 Å². The number of hydrogen-bond acceptors (Lipinski definition) is 9. The highest BCUT2D eigenvalue weighted by molar-refractivity contribution is 6.08. The lowest BCUT2D eigenvalue weighted by atomic mass is 9.89. The number of carbonyl (C=O) groups excluding carboxylic acids is 2. The van der Waals surface area contributed by atoms with Crippen LogP contribution >= 0.6 is 0 Å². The summed E-state index contributed by atoms with van der Waals surface area (Å²) in [6, 6.07) is 20.5. The molecule has 0 fully saturated rings. The monoisotopic (exact) mass is 692 g/mol. The second kappa shape index (κ2) is 17.1. The largest absolute Gasteiger partial charge is 0.508 e. The van der Waals surface area contributed by atoms with Gasteiger partial charge in [-0.05, 0) is 72.5 Å². The molecular formula is C39H40N4O8. The quantitative estimate of drug-likeness (QED) is 0.0466. The third kappa shape index (κ3) is 9.59. The number of phenolic OH excluding ortho intramolecular Hbond substituents is 1. The SMILES string of the molecule is Cc1cc2c(-c3ccccc3C(=O)O)c3cc(C)c(=N)cc-3oc2cc1NCC(=O)NCCOCCOCCNC(=O)/C=C/c1ccc(O)cc1. The van der Waals surface area contributed by atoms with Crippen molar-refractivity contribution in [2.75, 3.05) is 51.4 Å². The summed E-state index contributed by atoms with van der Waals surface area (Å²) in [7, 11) is 0. The highest BCUT2D eigenvalue weighted by Gasteiger charge is 2.22. The van der Waals surface area contributed by atoms with Crippen LogP contribution in [0.25, 0.3) is 39.5 Å². The van der Waals surface area contributed by atoms with Gasteiger partial charge in [-0.1, -0.05) is 30.3 Å². The highest BCUT2D eigenvalue weighted by Crippen LogP contribution is 2.42.